The molecule has 0 aliphatic carbocycles. The summed E-state index contributed by atoms with van der Waals surface area (Å²) in [6.45, 7) is 0.732. The van der Waals surface area contributed by atoms with Gasteiger partial charge in [-0.2, -0.15) is 0 Å². The van der Waals surface area contributed by atoms with Crippen LogP contribution < -0.4 is 10.5 Å². The van der Waals surface area contributed by atoms with E-state index in [1.165, 1.54) is 5.56 Å². The summed E-state index contributed by atoms with van der Waals surface area (Å²) in [7, 11) is 0. The molecular formula is C15H13BrClNO. The van der Waals surface area contributed by atoms with Crippen molar-refractivity contribution in [2.24, 2.45) is 5.73 Å². The molecule has 1 atom stereocenters. The molecule has 2 aromatic carbocycles. The first-order valence-electron chi connectivity index (χ1n) is 6.12. The van der Waals surface area contributed by atoms with E-state index in [2.05, 4.69) is 22.0 Å². The van der Waals surface area contributed by atoms with Crippen molar-refractivity contribution in [2.75, 3.05) is 6.61 Å². The van der Waals surface area contributed by atoms with Crippen molar-refractivity contribution >= 4 is 27.5 Å². The molecule has 0 spiro atoms. The van der Waals surface area contributed by atoms with Crippen LogP contribution in [0.1, 0.15) is 22.7 Å². The lowest BCUT2D eigenvalue weighted by Crippen LogP contribution is -2.13. The molecule has 2 aromatic rings. The average Bonchev–Trinajstić information content (AvgIpc) is 2.89. The molecule has 0 radical (unpaired) electrons. The Kier molecular flexibility index (Phi) is 3.52. The highest BCUT2D eigenvalue weighted by Gasteiger charge is 2.22. The van der Waals surface area contributed by atoms with Crippen molar-refractivity contribution in [3.63, 3.8) is 0 Å². The summed E-state index contributed by atoms with van der Waals surface area (Å²) in [4.78, 5) is 0. The summed E-state index contributed by atoms with van der Waals surface area (Å²) in [5.74, 6) is 0.932. The number of halogens is 2. The van der Waals surface area contributed by atoms with Gasteiger partial charge in [-0.3, -0.25) is 0 Å². The van der Waals surface area contributed by atoms with Gasteiger partial charge in [0.05, 0.1) is 12.6 Å². The number of hydrogen-bond donors (Lipinski definition) is 1. The van der Waals surface area contributed by atoms with E-state index >= 15 is 0 Å². The third-order valence-corrected chi connectivity index (χ3v) is 4.33. The molecule has 0 bridgehead atoms. The molecule has 0 saturated carbocycles. The molecule has 1 aliphatic rings. The van der Waals surface area contributed by atoms with Gasteiger partial charge < -0.3 is 10.5 Å². The molecule has 98 valence electrons. The van der Waals surface area contributed by atoms with Crippen LogP contribution in [0, 0.1) is 0 Å². The second-order valence-corrected chi connectivity index (χ2v) is 5.87. The van der Waals surface area contributed by atoms with E-state index in [4.69, 9.17) is 22.1 Å². The summed E-state index contributed by atoms with van der Waals surface area (Å²) < 4.78 is 6.67. The fraction of sp³-hybridized carbons (Fsp3) is 0.200. The molecule has 1 unspecified atom stereocenters. The van der Waals surface area contributed by atoms with Gasteiger partial charge in [0.25, 0.3) is 0 Å². The third-order valence-electron chi connectivity index (χ3n) is 3.37. The molecular weight excluding hydrogens is 326 g/mol. The van der Waals surface area contributed by atoms with Crippen LogP contribution >= 0.6 is 27.5 Å². The molecule has 4 heteroatoms. The summed E-state index contributed by atoms with van der Waals surface area (Å²) in [6, 6.07) is 11.5. The minimum Gasteiger partial charge on any atom is -0.493 e. The first kappa shape index (κ1) is 13.0. The van der Waals surface area contributed by atoms with E-state index < -0.39 is 0 Å². The van der Waals surface area contributed by atoms with E-state index in [0.29, 0.717) is 5.02 Å². The van der Waals surface area contributed by atoms with E-state index in [0.717, 1.165) is 34.4 Å². The Labute approximate surface area is 125 Å². The summed E-state index contributed by atoms with van der Waals surface area (Å²) in [5.41, 5.74) is 9.60. The van der Waals surface area contributed by atoms with Crippen molar-refractivity contribution in [1.82, 2.24) is 0 Å². The topological polar surface area (TPSA) is 35.2 Å². The fourth-order valence-electron chi connectivity index (χ4n) is 2.41. The van der Waals surface area contributed by atoms with Gasteiger partial charge >= 0.3 is 0 Å². The van der Waals surface area contributed by atoms with Crippen LogP contribution in [-0.2, 0) is 6.42 Å². The van der Waals surface area contributed by atoms with Crippen LogP contribution in [0.4, 0.5) is 0 Å². The Morgan fingerprint density at radius 3 is 2.89 bits per heavy atom. The van der Waals surface area contributed by atoms with Crippen LogP contribution in [0.15, 0.2) is 40.9 Å². The van der Waals surface area contributed by atoms with Crippen molar-refractivity contribution in [3.8, 4) is 5.75 Å². The molecule has 0 saturated heterocycles. The van der Waals surface area contributed by atoms with Crippen LogP contribution in [0.25, 0.3) is 0 Å². The molecule has 2 nitrogen and oxygen atoms in total. The first-order chi connectivity index (χ1) is 9.16. The molecule has 0 amide bonds. The molecule has 3 rings (SSSR count). The lowest BCUT2D eigenvalue weighted by atomic mass is 9.96. The predicted octanol–water partition coefficient (Wildman–Crippen LogP) is 4.09. The SMILES string of the molecule is NC(c1cc(Cl)ccc1Br)c1cccc2c1OCC2. The number of rotatable bonds is 2. The van der Waals surface area contributed by atoms with Crippen LogP contribution in [0.3, 0.4) is 0 Å². The number of hydrogen-bond acceptors (Lipinski definition) is 2. The lowest BCUT2D eigenvalue weighted by molar-refractivity contribution is 0.352. The number of fused-ring (bicyclic) bond motifs is 1. The molecule has 0 aromatic heterocycles. The average molecular weight is 339 g/mol. The molecule has 1 heterocycles. The van der Waals surface area contributed by atoms with Crippen LogP contribution in [0.2, 0.25) is 5.02 Å². The van der Waals surface area contributed by atoms with E-state index in [9.17, 15) is 0 Å². The van der Waals surface area contributed by atoms with Gasteiger partial charge in [0.15, 0.2) is 0 Å². The highest BCUT2D eigenvalue weighted by Crippen LogP contribution is 2.37. The maximum absolute atomic E-state index is 6.39. The minimum absolute atomic E-state index is 0.249. The summed E-state index contributed by atoms with van der Waals surface area (Å²) in [6.07, 6.45) is 0.951. The van der Waals surface area contributed by atoms with Crippen LogP contribution in [0.5, 0.6) is 5.75 Å². The largest absolute Gasteiger partial charge is 0.493 e. The Morgan fingerprint density at radius 2 is 2.05 bits per heavy atom. The quantitative estimate of drug-likeness (QED) is 0.895. The number of benzene rings is 2. The Morgan fingerprint density at radius 1 is 1.21 bits per heavy atom. The fourth-order valence-corrected chi connectivity index (χ4v) is 3.08. The predicted molar refractivity (Wildman–Crippen MR) is 80.8 cm³/mol. The number of para-hydroxylation sites is 1. The standard InChI is InChI=1S/C15H13BrClNO/c16-13-5-4-10(17)8-12(13)14(18)11-3-1-2-9-6-7-19-15(9)11/h1-5,8,14H,6-7,18H2. The Hall–Kier alpha value is -1.03. The van der Waals surface area contributed by atoms with Gasteiger partial charge in [-0.05, 0) is 29.3 Å². The normalized spacial score (nSPS) is 14.9. The Bertz CT molecular complexity index is 630. The number of ether oxygens (including phenoxy) is 1. The zero-order valence-corrected chi connectivity index (χ0v) is 12.5. The van der Waals surface area contributed by atoms with Gasteiger partial charge in [0.2, 0.25) is 0 Å². The smallest absolute Gasteiger partial charge is 0.127 e. The van der Waals surface area contributed by atoms with Crippen molar-refractivity contribution in [1.29, 1.82) is 0 Å². The van der Waals surface area contributed by atoms with E-state index in [1.807, 2.05) is 30.3 Å². The van der Waals surface area contributed by atoms with E-state index in [1.54, 1.807) is 0 Å². The Balaban J connectivity index is 2.07. The first-order valence-corrected chi connectivity index (χ1v) is 7.29. The van der Waals surface area contributed by atoms with Gasteiger partial charge in [-0.1, -0.05) is 45.7 Å². The van der Waals surface area contributed by atoms with Gasteiger partial charge in [-0.25, -0.2) is 0 Å². The summed E-state index contributed by atoms with van der Waals surface area (Å²) in [5, 5.41) is 0.683. The second-order valence-electron chi connectivity index (χ2n) is 4.58. The molecule has 2 N–H and O–H groups in total. The number of nitrogens with two attached hydrogens (primary N) is 1. The van der Waals surface area contributed by atoms with Gasteiger partial charge in [0, 0.05) is 21.5 Å². The monoisotopic (exact) mass is 337 g/mol. The summed E-state index contributed by atoms with van der Waals surface area (Å²) >= 11 is 9.59. The highest BCUT2D eigenvalue weighted by atomic mass is 79.9. The van der Waals surface area contributed by atoms with Crippen molar-refractivity contribution in [3.05, 3.63) is 62.6 Å². The van der Waals surface area contributed by atoms with E-state index in [-0.39, 0.29) is 6.04 Å². The van der Waals surface area contributed by atoms with Crippen LogP contribution in [-0.4, -0.2) is 6.61 Å². The van der Waals surface area contributed by atoms with Crippen molar-refractivity contribution < 1.29 is 4.74 Å². The lowest BCUT2D eigenvalue weighted by Gasteiger charge is -2.17. The van der Waals surface area contributed by atoms with Crippen molar-refractivity contribution in [2.45, 2.75) is 12.5 Å². The zero-order valence-electron chi connectivity index (χ0n) is 10.2. The molecule has 0 fully saturated rings. The minimum atomic E-state index is -0.249. The van der Waals surface area contributed by atoms with Gasteiger partial charge in [0.1, 0.15) is 5.75 Å². The zero-order chi connectivity index (χ0) is 13.4. The molecule has 1 aliphatic heterocycles. The second kappa shape index (κ2) is 5.16. The maximum Gasteiger partial charge on any atom is 0.127 e. The van der Waals surface area contributed by atoms with Gasteiger partial charge in [-0.15, -0.1) is 0 Å². The maximum atomic E-state index is 6.39. The highest BCUT2D eigenvalue weighted by molar-refractivity contribution is 9.10. The molecule has 19 heavy (non-hydrogen) atoms. The third kappa shape index (κ3) is 2.38.